The molecule has 100 valence electrons. The third-order valence-electron chi connectivity index (χ3n) is 2.77. The molecule has 0 aliphatic heterocycles. The number of H-pyrrole nitrogens is 1. The fraction of sp³-hybridized carbons (Fsp3) is 0.385. The van der Waals surface area contributed by atoms with Crippen molar-refractivity contribution in [2.24, 2.45) is 0 Å². The molecule has 1 amide bonds. The van der Waals surface area contributed by atoms with E-state index >= 15 is 0 Å². The summed E-state index contributed by atoms with van der Waals surface area (Å²) < 4.78 is 0. The fourth-order valence-electron chi connectivity index (χ4n) is 1.73. The van der Waals surface area contributed by atoms with E-state index in [2.05, 4.69) is 25.5 Å². The number of carbonyl (C=O) groups is 1. The van der Waals surface area contributed by atoms with Crippen molar-refractivity contribution in [3.05, 3.63) is 42.2 Å². The van der Waals surface area contributed by atoms with Gasteiger partial charge in [-0.15, -0.1) is 0 Å². The highest BCUT2D eigenvalue weighted by molar-refractivity contribution is 5.76. The summed E-state index contributed by atoms with van der Waals surface area (Å²) in [6, 6.07) is 3.86. The largest absolute Gasteiger partial charge is 0.356 e. The Kier molecular flexibility index (Phi) is 5.04. The number of nitrogens with zero attached hydrogens (tertiary/aromatic N) is 3. The molecule has 0 atom stereocenters. The van der Waals surface area contributed by atoms with E-state index < -0.39 is 0 Å². The van der Waals surface area contributed by atoms with Crippen LogP contribution < -0.4 is 5.32 Å². The highest BCUT2D eigenvalue weighted by Crippen LogP contribution is 2.00. The van der Waals surface area contributed by atoms with E-state index in [0.717, 1.165) is 30.7 Å². The predicted molar refractivity (Wildman–Crippen MR) is 70.3 cm³/mol. The maximum atomic E-state index is 11.6. The zero-order valence-electron chi connectivity index (χ0n) is 10.7. The second kappa shape index (κ2) is 7.25. The second-order valence-electron chi connectivity index (χ2n) is 4.24. The molecule has 0 unspecified atom stereocenters. The van der Waals surface area contributed by atoms with Crippen LogP contribution in [-0.2, 0) is 17.6 Å². The van der Waals surface area contributed by atoms with E-state index in [-0.39, 0.29) is 5.91 Å². The van der Waals surface area contributed by atoms with Crippen molar-refractivity contribution in [1.29, 1.82) is 0 Å². The molecule has 0 bridgehead atoms. The Morgan fingerprint density at radius 2 is 2.11 bits per heavy atom. The molecule has 19 heavy (non-hydrogen) atoms. The van der Waals surface area contributed by atoms with Gasteiger partial charge in [-0.3, -0.25) is 14.9 Å². The molecular weight excluding hydrogens is 242 g/mol. The minimum atomic E-state index is 0.0781. The van der Waals surface area contributed by atoms with Crippen molar-refractivity contribution in [2.45, 2.75) is 25.7 Å². The number of aromatic amines is 1. The van der Waals surface area contributed by atoms with Crippen LogP contribution >= 0.6 is 0 Å². The van der Waals surface area contributed by atoms with Gasteiger partial charge in [-0.2, -0.15) is 5.10 Å². The monoisotopic (exact) mass is 259 g/mol. The lowest BCUT2D eigenvalue weighted by molar-refractivity contribution is -0.121. The van der Waals surface area contributed by atoms with Crippen LogP contribution in [0, 0.1) is 0 Å². The average Bonchev–Trinajstić information content (AvgIpc) is 2.96. The molecule has 0 aromatic carbocycles. The summed E-state index contributed by atoms with van der Waals surface area (Å²) in [6.07, 6.45) is 7.88. The molecule has 0 saturated heterocycles. The molecule has 0 aliphatic rings. The molecule has 0 spiro atoms. The van der Waals surface area contributed by atoms with Crippen molar-refractivity contribution in [3.8, 4) is 0 Å². The van der Waals surface area contributed by atoms with Crippen molar-refractivity contribution in [2.75, 3.05) is 6.54 Å². The molecule has 2 heterocycles. The fourth-order valence-corrected chi connectivity index (χ4v) is 1.73. The summed E-state index contributed by atoms with van der Waals surface area (Å²) in [5, 5.41) is 9.46. The highest BCUT2D eigenvalue weighted by atomic mass is 16.1. The minimum absolute atomic E-state index is 0.0781. The molecule has 2 N–H and O–H groups in total. The highest BCUT2D eigenvalue weighted by Gasteiger charge is 2.02. The van der Waals surface area contributed by atoms with Crippen LogP contribution in [0.3, 0.4) is 0 Å². The maximum Gasteiger partial charge on any atom is 0.220 e. The predicted octanol–water partition coefficient (Wildman–Crippen LogP) is 0.881. The number of carbonyl (C=O) groups excluding carboxylic acids is 1. The van der Waals surface area contributed by atoms with Crippen LogP contribution in [0.4, 0.5) is 0 Å². The van der Waals surface area contributed by atoms with Crippen LogP contribution in [-0.4, -0.2) is 32.6 Å². The van der Waals surface area contributed by atoms with Crippen LogP contribution in [0.15, 0.2) is 30.9 Å². The summed E-state index contributed by atoms with van der Waals surface area (Å²) in [6.45, 7) is 0.663. The van der Waals surface area contributed by atoms with Gasteiger partial charge >= 0.3 is 0 Å². The topological polar surface area (TPSA) is 83.6 Å². The van der Waals surface area contributed by atoms with Crippen LogP contribution in [0.2, 0.25) is 0 Å². The molecule has 0 aliphatic carbocycles. The van der Waals surface area contributed by atoms with E-state index in [9.17, 15) is 4.79 Å². The molecule has 2 rings (SSSR count). The van der Waals surface area contributed by atoms with Crippen LogP contribution in [0.1, 0.15) is 24.2 Å². The van der Waals surface area contributed by atoms with Gasteiger partial charge in [0.15, 0.2) is 0 Å². The Morgan fingerprint density at radius 3 is 2.84 bits per heavy atom. The molecular formula is C13H17N5O. The lowest BCUT2D eigenvalue weighted by Crippen LogP contribution is -2.25. The summed E-state index contributed by atoms with van der Waals surface area (Å²) in [5.74, 6) is 0.931. The quantitative estimate of drug-likeness (QED) is 0.723. The molecule has 0 radical (unpaired) electrons. The van der Waals surface area contributed by atoms with Crippen molar-refractivity contribution in [3.63, 3.8) is 0 Å². The number of nitrogens with one attached hydrogen (secondary N) is 2. The molecule has 2 aromatic heterocycles. The lowest BCUT2D eigenvalue weighted by atomic mass is 10.1. The third-order valence-corrected chi connectivity index (χ3v) is 2.77. The molecule has 6 heteroatoms. The van der Waals surface area contributed by atoms with E-state index in [1.807, 2.05) is 12.1 Å². The minimum Gasteiger partial charge on any atom is -0.356 e. The Hall–Kier alpha value is -2.24. The lowest BCUT2D eigenvalue weighted by Gasteiger charge is -2.04. The number of hydrogen-bond acceptors (Lipinski definition) is 4. The molecule has 2 aromatic rings. The average molecular weight is 259 g/mol. The molecule has 6 nitrogen and oxygen atoms in total. The van der Waals surface area contributed by atoms with Gasteiger partial charge in [0, 0.05) is 31.8 Å². The van der Waals surface area contributed by atoms with Gasteiger partial charge in [0.05, 0.1) is 0 Å². The number of aromatic nitrogens is 4. The summed E-state index contributed by atoms with van der Waals surface area (Å²) in [4.78, 5) is 19.6. The first-order valence-corrected chi connectivity index (χ1v) is 6.34. The maximum absolute atomic E-state index is 11.6. The number of pyridine rings is 1. The smallest absolute Gasteiger partial charge is 0.220 e. The van der Waals surface area contributed by atoms with Gasteiger partial charge in [-0.05, 0) is 30.5 Å². The molecule has 0 fully saturated rings. The second-order valence-corrected chi connectivity index (χ2v) is 4.24. The standard InChI is InChI=1S/C13H17N5O/c19-13(4-3-11-5-8-14-9-6-11)15-7-1-2-12-16-10-17-18-12/h5-6,8-10H,1-4,7H2,(H,15,19)(H,16,17,18). The van der Waals surface area contributed by atoms with Gasteiger partial charge in [0.2, 0.25) is 5.91 Å². The van der Waals surface area contributed by atoms with E-state index in [0.29, 0.717) is 13.0 Å². The van der Waals surface area contributed by atoms with Gasteiger partial charge in [-0.25, -0.2) is 4.98 Å². The van der Waals surface area contributed by atoms with Gasteiger partial charge < -0.3 is 5.32 Å². The third kappa shape index (κ3) is 4.87. The normalized spacial score (nSPS) is 10.3. The van der Waals surface area contributed by atoms with Crippen LogP contribution in [0.25, 0.3) is 0 Å². The number of amides is 1. The van der Waals surface area contributed by atoms with Crippen molar-refractivity contribution in [1.82, 2.24) is 25.5 Å². The Morgan fingerprint density at radius 1 is 1.26 bits per heavy atom. The zero-order chi connectivity index (χ0) is 13.3. The molecule has 0 saturated carbocycles. The van der Waals surface area contributed by atoms with Gasteiger partial charge in [0.25, 0.3) is 0 Å². The van der Waals surface area contributed by atoms with E-state index in [4.69, 9.17) is 0 Å². The van der Waals surface area contributed by atoms with Gasteiger partial charge in [0.1, 0.15) is 12.2 Å². The first kappa shape index (κ1) is 13.2. The first-order valence-electron chi connectivity index (χ1n) is 6.34. The first-order chi connectivity index (χ1) is 9.34. The Bertz CT molecular complexity index is 483. The number of aryl methyl sites for hydroxylation is 2. The van der Waals surface area contributed by atoms with E-state index in [1.165, 1.54) is 6.33 Å². The van der Waals surface area contributed by atoms with Crippen molar-refractivity contribution >= 4 is 5.91 Å². The summed E-state index contributed by atoms with van der Waals surface area (Å²) in [7, 11) is 0. The SMILES string of the molecule is O=C(CCc1ccncc1)NCCCc1ncn[nH]1. The van der Waals surface area contributed by atoms with Crippen molar-refractivity contribution < 1.29 is 4.79 Å². The van der Waals surface area contributed by atoms with Gasteiger partial charge in [-0.1, -0.05) is 0 Å². The number of hydrogen-bond donors (Lipinski definition) is 2. The summed E-state index contributed by atoms with van der Waals surface area (Å²) >= 11 is 0. The summed E-state index contributed by atoms with van der Waals surface area (Å²) in [5.41, 5.74) is 1.13. The number of rotatable bonds is 7. The zero-order valence-corrected chi connectivity index (χ0v) is 10.7. The Labute approximate surface area is 111 Å². The van der Waals surface area contributed by atoms with Crippen LogP contribution in [0.5, 0.6) is 0 Å². The van der Waals surface area contributed by atoms with E-state index in [1.54, 1.807) is 12.4 Å². The Balaban J connectivity index is 1.57.